The molecule has 1 saturated carbocycles. The third-order valence-electron chi connectivity index (χ3n) is 1.53. The van der Waals surface area contributed by atoms with Crippen molar-refractivity contribution in [1.82, 2.24) is 0 Å². The van der Waals surface area contributed by atoms with Gasteiger partial charge in [0, 0.05) is 4.75 Å². The van der Waals surface area contributed by atoms with Crippen LogP contribution in [-0.2, 0) is 9.53 Å². The first-order valence-corrected chi connectivity index (χ1v) is 3.40. The molecule has 2 nitrogen and oxygen atoms in total. The Morgan fingerprint density at radius 2 is 2.33 bits per heavy atom. The van der Waals surface area contributed by atoms with Gasteiger partial charge in [0.05, 0.1) is 13.5 Å². The van der Waals surface area contributed by atoms with Crippen LogP contribution >= 0.6 is 12.6 Å². The van der Waals surface area contributed by atoms with Crippen LogP contribution in [0.3, 0.4) is 0 Å². The summed E-state index contributed by atoms with van der Waals surface area (Å²) in [6.07, 6.45) is 2.56. The number of carbonyl (C=O) groups excluding carboxylic acids is 1. The summed E-state index contributed by atoms with van der Waals surface area (Å²) < 4.78 is 4.47. The smallest absolute Gasteiger partial charge is 0.306 e. The highest BCUT2D eigenvalue weighted by molar-refractivity contribution is 7.82. The third kappa shape index (κ3) is 1.90. The van der Waals surface area contributed by atoms with Crippen molar-refractivity contribution in [2.75, 3.05) is 7.11 Å². The van der Waals surface area contributed by atoms with Crippen molar-refractivity contribution in [2.45, 2.75) is 24.0 Å². The Morgan fingerprint density at radius 3 is 2.67 bits per heavy atom. The normalized spacial score (nSPS) is 21.1. The van der Waals surface area contributed by atoms with Gasteiger partial charge in [0.2, 0.25) is 0 Å². The quantitative estimate of drug-likeness (QED) is 0.465. The number of carbonyl (C=O) groups is 1. The van der Waals surface area contributed by atoms with Crippen molar-refractivity contribution in [3.05, 3.63) is 0 Å². The maximum Gasteiger partial charge on any atom is 0.306 e. The molecule has 3 heteroatoms. The van der Waals surface area contributed by atoms with Gasteiger partial charge in [-0.2, -0.15) is 12.6 Å². The summed E-state index contributed by atoms with van der Waals surface area (Å²) in [5, 5.41) is 0. The summed E-state index contributed by atoms with van der Waals surface area (Å²) in [7, 11) is 1.40. The summed E-state index contributed by atoms with van der Waals surface area (Å²) in [5.41, 5.74) is 0. The SMILES string of the molecule is COC(=O)CC1(S)CC1. The zero-order chi connectivity index (χ0) is 6.91. The molecule has 1 rings (SSSR count). The van der Waals surface area contributed by atoms with Crippen molar-refractivity contribution in [3.63, 3.8) is 0 Å². The molecule has 1 aliphatic carbocycles. The van der Waals surface area contributed by atoms with Crippen LogP contribution in [0.25, 0.3) is 0 Å². The predicted octanol–water partition coefficient (Wildman–Crippen LogP) is 1.01. The fourth-order valence-corrected chi connectivity index (χ4v) is 0.903. The standard InChI is InChI=1S/C6H10O2S/c1-8-5(7)4-6(9)2-3-6/h9H,2-4H2,1H3. The summed E-state index contributed by atoms with van der Waals surface area (Å²) in [5.74, 6) is -0.150. The van der Waals surface area contributed by atoms with Gasteiger partial charge in [-0.15, -0.1) is 0 Å². The number of methoxy groups -OCH3 is 1. The molecular formula is C6H10O2S. The fraction of sp³-hybridized carbons (Fsp3) is 0.833. The molecule has 0 aromatic heterocycles. The first-order chi connectivity index (χ1) is 4.16. The topological polar surface area (TPSA) is 26.3 Å². The van der Waals surface area contributed by atoms with Crippen LogP contribution in [0.4, 0.5) is 0 Å². The average molecular weight is 146 g/mol. The molecule has 0 spiro atoms. The van der Waals surface area contributed by atoms with Crippen LogP contribution in [-0.4, -0.2) is 17.8 Å². The van der Waals surface area contributed by atoms with Crippen molar-refractivity contribution < 1.29 is 9.53 Å². The van der Waals surface area contributed by atoms with E-state index in [1.54, 1.807) is 0 Å². The zero-order valence-corrected chi connectivity index (χ0v) is 6.28. The van der Waals surface area contributed by atoms with E-state index in [4.69, 9.17) is 0 Å². The van der Waals surface area contributed by atoms with Crippen LogP contribution in [0.2, 0.25) is 0 Å². The van der Waals surface area contributed by atoms with Crippen LogP contribution in [0, 0.1) is 0 Å². The number of ether oxygens (including phenoxy) is 1. The minimum Gasteiger partial charge on any atom is -0.469 e. The Morgan fingerprint density at radius 1 is 1.78 bits per heavy atom. The molecule has 1 aliphatic rings. The first kappa shape index (κ1) is 6.93. The average Bonchev–Trinajstić information content (AvgIpc) is 2.48. The second kappa shape index (κ2) is 2.21. The summed E-state index contributed by atoms with van der Waals surface area (Å²) in [6, 6.07) is 0. The summed E-state index contributed by atoms with van der Waals surface area (Å²) >= 11 is 4.26. The van der Waals surface area contributed by atoms with Gasteiger partial charge in [-0.3, -0.25) is 4.79 Å². The summed E-state index contributed by atoms with van der Waals surface area (Å²) in [6.45, 7) is 0. The molecule has 0 atom stereocenters. The molecule has 0 amide bonds. The molecule has 0 N–H and O–H groups in total. The van der Waals surface area contributed by atoms with Gasteiger partial charge >= 0.3 is 5.97 Å². The lowest BCUT2D eigenvalue weighted by Gasteiger charge is -2.02. The van der Waals surface area contributed by atoms with Gasteiger partial charge in [0.1, 0.15) is 0 Å². The Balaban J connectivity index is 2.25. The van der Waals surface area contributed by atoms with E-state index >= 15 is 0 Å². The molecule has 1 fully saturated rings. The molecule has 9 heavy (non-hydrogen) atoms. The van der Waals surface area contributed by atoms with Gasteiger partial charge in [-0.05, 0) is 12.8 Å². The largest absolute Gasteiger partial charge is 0.469 e. The van der Waals surface area contributed by atoms with Crippen molar-refractivity contribution in [3.8, 4) is 0 Å². The van der Waals surface area contributed by atoms with Gasteiger partial charge in [-0.25, -0.2) is 0 Å². The number of thiol groups is 1. The Bertz CT molecular complexity index is 129. The van der Waals surface area contributed by atoms with E-state index in [1.807, 2.05) is 0 Å². The zero-order valence-electron chi connectivity index (χ0n) is 5.39. The van der Waals surface area contributed by atoms with Gasteiger partial charge in [0.15, 0.2) is 0 Å². The van der Waals surface area contributed by atoms with Crippen molar-refractivity contribution in [1.29, 1.82) is 0 Å². The number of rotatable bonds is 2. The maximum atomic E-state index is 10.6. The first-order valence-electron chi connectivity index (χ1n) is 2.95. The monoisotopic (exact) mass is 146 g/mol. The van der Waals surface area contributed by atoms with E-state index in [-0.39, 0.29) is 10.7 Å². The van der Waals surface area contributed by atoms with Crippen molar-refractivity contribution >= 4 is 18.6 Å². The highest BCUT2D eigenvalue weighted by atomic mass is 32.1. The number of hydrogen-bond donors (Lipinski definition) is 1. The van der Waals surface area contributed by atoms with Gasteiger partial charge in [-0.1, -0.05) is 0 Å². The molecule has 0 aliphatic heterocycles. The molecule has 52 valence electrons. The predicted molar refractivity (Wildman–Crippen MR) is 37.6 cm³/mol. The molecule has 0 aromatic carbocycles. The van der Waals surface area contributed by atoms with Crippen molar-refractivity contribution in [2.24, 2.45) is 0 Å². The second-order valence-corrected chi connectivity index (χ2v) is 3.43. The lowest BCUT2D eigenvalue weighted by Crippen LogP contribution is -2.09. The number of esters is 1. The molecule has 0 radical (unpaired) electrons. The fourth-order valence-electron chi connectivity index (χ4n) is 0.662. The molecular weight excluding hydrogens is 136 g/mol. The van der Waals surface area contributed by atoms with E-state index < -0.39 is 0 Å². The minimum atomic E-state index is -0.150. The van der Waals surface area contributed by atoms with Crippen LogP contribution in [0.15, 0.2) is 0 Å². The highest BCUT2D eigenvalue weighted by Gasteiger charge is 2.40. The number of hydrogen-bond acceptors (Lipinski definition) is 3. The third-order valence-corrected chi connectivity index (χ3v) is 2.13. The maximum absolute atomic E-state index is 10.6. The highest BCUT2D eigenvalue weighted by Crippen LogP contribution is 2.45. The Labute approximate surface area is 60.0 Å². The molecule has 0 bridgehead atoms. The Kier molecular flexibility index (Phi) is 1.70. The van der Waals surface area contributed by atoms with E-state index in [0.717, 1.165) is 12.8 Å². The van der Waals surface area contributed by atoms with Crippen LogP contribution in [0.1, 0.15) is 19.3 Å². The van der Waals surface area contributed by atoms with Gasteiger partial charge < -0.3 is 4.74 Å². The lowest BCUT2D eigenvalue weighted by atomic mass is 10.3. The van der Waals surface area contributed by atoms with Gasteiger partial charge in [0.25, 0.3) is 0 Å². The van der Waals surface area contributed by atoms with E-state index in [0.29, 0.717) is 6.42 Å². The molecule has 0 unspecified atom stereocenters. The lowest BCUT2D eigenvalue weighted by molar-refractivity contribution is -0.140. The molecule has 0 aromatic rings. The van der Waals surface area contributed by atoms with E-state index in [1.165, 1.54) is 7.11 Å². The van der Waals surface area contributed by atoms with Crippen LogP contribution < -0.4 is 0 Å². The van der Waals surface area contributed by atoms with Crippen LogP contribution in [0.5, 0.6) is 0 Å². The molecule has 0 saturated heterocycles. The van der Waals surface area contributed by atoms with E-state index in [2.05, 4.69) is 17.4 Å². The summed E-state index contributed by atoms with van der Waals surface area (Å²) in [4.78, 5) is 10.6. The van der Waals surface area contributed by atoms with E-state index in [9.17, 15) is 4.79 Å². The Hall–Kier alpha value is -0.180. The second-order valence-electron chi connectivity index (χ2n) is 2.48. The molecule has 0 heterocycles. The minimum absolute atomic E-state index is 0.00685.